The van der Waals surface area contributed by atoms with Crippen LogP contribution in [-0.2, 0) is 16.1 Å². The van der Waals surface area contributed by atoms with Crippen molar-refractivity contribution in [2.75, 3.05) is 22.7 Å². The Kier molecular flexibility index (Phi) is 9.65. The van der Waals surface area contributed by atoms with E-state index >= 15 is 0 Å². The van der Waals surface area contributed by atoms with Crippen LogP contribution in [-0.4, -0.2) is 48.7 Å². The Morgan fingerprint density at radius 1 is 1.05 bits per heavy atom. The van der Waals surface area contributed by atoms with Gasteiger partial charge < -0.3 is 20.7 Å². The maximum absolute atomic E-state index is 13.2. The lowest BCUT2D eigenvalue weighted by molar-refractivity contribution is -0.123. The fourth-order valence-corrected chi connectivity index (χ4v) is 6.98. The molecule has 1 aliphatic carbocycles. The lowest BCUT2D eigenvalue weighted by Gasteiger charge is -2.18. The van der Waals surface area contributed by atoms with E-state index < -0.39 is 0 Å². The van der Waals surface area contributed by atoms with E-state index in [1.165, 1.54) is 16.8 Å². The van der Waals surface area contributed by atoms with Gasteiger partial charge in [-0.3, -0.25) is 15.0 Å². The second kappa shape index (κ2) is 14.2. The van der Waals surface area contributed by atoms with Crippen LogP contribution in [0.15, 0.2) is 63.5 Å². The van der Waals surface area contributed by atoms with Crippen LogP contribution < -0.4 is 26.1 Å². The van der Waals surface area contributed by atoms with E-state index in [4.69, 9.17) is 17.0 Å². The molecule has 2 fully saturated rings. The number of benzene rings is 1. The van der Waals surface area contributed by atoms with Gasteiger partial charge >= 0.3 is 0 Å². The molecule has 4 aromatic rings. The number of thiophene rings is 2. The number of rotatable bonds is 12. The van der Waals surface area contributed by atoms with Gasteiger partial charge in [-0.25, -0.2) is 0 Å². The second-order valence-electron chi connectivity index (χ2n) is 9.91. The molecule has 1 aliphatic heterocycles. The van der Waals surface area contributed by atoms with Gasteiger partial charge in [-0.2, -0.15) is 31.3 Å². The number of carbonyl (C=O) groups is 2. The summed E-state index contributed by atoms with van der Waals surface area (Å²) in [5.41, 5.74) is 4.63. The van der Waals surface area contributed by atoms with Gasteiger partial charge in [0.15, 0.2) is 10.9 Å². The third-order valence-corrected chi connectivity index (χ3v) is 9.57. The largest absolute Gasteiger partial charge is 0.484 e. The minimum absolute atomic E-state index is 0.0869. The van der Waals surface area contributed by atoms with E-state index in [2.05, 4.69) is 36.3 Å². The van der Waals surface area contributed by atoms with Crippen molar-refractivity contribution in [2.45, 2.75) is 38.3 Å². The first-order valence-corrected chi connectivity index (χ1v) is 16.9. The van der Waals surface area contributed by atoms with E-state index in [1.807, 2.05) is 40.4 Å². The van der Waals surface area contributed by atoms with Gasteiger partial charge in [0.2, 0.25) is 17.8 Å². The molecule has 1 saturated carbocycles. The molecule has 1 saturated heterocycles. The summed E-state index contributed by atoms with van der Waals surface area (Å²) in [6.07, 6.45) is 6.18. The van der Waals surface area contributed by atoms with Crippen LogP contribution in [0.1, 0.15) is 36.1 Å². The van der Waals surface area contributed by atoms with E-state index in [9.17, 15) is 9.59 Å². The fourth-order valence-electron chi connectivity index (χ4n) is 4.53. The standard InChI is InChI=1S/C29H28N8O3S4/c38-24(30-15-22-6-3-12-43-22)16-40-21-9-7-20(8-10-21)32-27-33-26(31-19-4-1-2-5-19)34-28(35-27)36-37-25(39)23(44-29(37)41)14-18-11-13-42-17-18/h3,6-14,17,19H,1-2,4-5,15-16H2,(H,30,38)(H3,31,32,33,34,35,36)/b23-14-. The van der Waals surface area contributed by atoms with Crippen molar-refractivity contribution in [1.29, 1.82) is 0 Å². The van der Waals surface area contributed by atoms with Crippen molar-refractivity contribution in [1.82, 2.24) is 25.3 Å². The van der Waals surface area contributed by atoms with Gasteiger partial charge in [0.05, 0.1) is 11.4 Å². The molecule has 11 nitrogen and oxygen atoms in total. The zero-order valence-electron chi connectivity index (χ0n) is 23.3. The highest BCUT2D eigenvalue weighted by Gasteiger charge is 2.33. The first-order valence-electron chi connectivity index (χ1n) is 13.9. The smallest absolute Gasteiger partial charge is 0.285 e. The Balaban J connectivity index is 1.12. The summed E-state index contributed by atoms with van der Waals surface area (Å²) in [6, 6.07) is 13.2. The Morgan fingerprint density at radius 3 is 2.59 bits per heavy atom. The third-order valence-electron chi connectivity index (χ3n) is 6.69. The molecular weight excluding hydrogens is 637 g/mol. The van der Waals surface area contributed by atoms with Crippen LogP contribution in [0.25, 0.3) is 6.08 Å². The van der Waals surface area contributed by atoms with Crippen LogP contribution >= 0.6 is 46.7 Å². The van der Waals surface area contributed by atoms with Gasteiger partial charge in [0.25, 0.3) is 11.8 Å². The average molecular weight is 665 g/mol. The van der Waals surface area contributed by atoms with Crippen LogP contribution in [0, 0.1) is 0 Å². The summed E-state index contributed by atoms with van der Waals surface area (Å²) >= 11 is 9.85. The lowest BCUT2D eigenvalue weighted by atomic mass is 10.2. The molecule has 2 aliphatic rings. The summed E-state index contributed by atoms with van der Waals surface area (Å²) in [5, 5.41) is 16.6. The van der Waals surface area contributed by atoms with Crippen molar-refractivity contribution in [3.63, 3.8) is 0 Å². The monoisotopic (exact) mass is 664 g/mol. The Bertz CT molecular complexity index is 1640. The lowest BCUT2D eigenvalue weighted by Crippen LogP contribution is -2.35. The highest BCUT2D eigenvalue weighted by Crippen LogP contribution is 2.33. The number of amides is 2. The first kappa shape index (κ1) is 30.0. The molecule has 0 bridgehead atoms. The normalized spacial score (nSPS) is 16.0. The van der Waals surface area contributed by atoms with Crippen molar-refractivity contribution in [2.24, 2.45) is 0 Å². The maximum atomic E-state index is 13.2. The van der Waals surface area contributed by atoms with E-state index in [-0.39, 0.29) is 36.4 Å². The van der Waals surface area contributed by atoms with Gasteiger partial charge in [0, 0.05) is 16.6 Å². The van der Waals surface area contributed by atoms with E-state index in [1.54, 1.807) is 46.9 Å². The number of nitrogens with zero attached hydrogens (tertiary/aromatic N) is 4. The van der Waals surface area contributed by atoms with Crippen LogP contribution in [0.2, 0.25) is 0 Å². The molecule has 4 heterocycles. The Labute approximate surface area is 271 Å². The quantitative estimate of drug-likeness (QED) is 0.105. The molecule has 0 unspecified atom stereocenters. The molecule has 1 aromatic carbocycles. The molecule has 44 heavy (non-hydrogen) atoms. The van der Waals surface area contributed by atoms with Crippen LogP contribution in [0.3, 0.4) is 0 Å². The summed E-state index contributed by atoms with van der Waals surface area (Å²) in [4.78, 5) is 40.5. The topological polar surface area (TPSA) is 133 Å². The minimum Gasteiger partial charge on any atom is -0.484 e. The number of thiocarbonyl (C=S) groups is 1. The maximum Gasteiger partial charge on any atom is 0.285 e. The van der Waals surface area contributed by atoms with Gasteiger partial charge in [-0.1, -0.05) is 30.7 Å². The number of aromatic nitrogens is 3. The predicted octanol–water partition coefficient (Wildman–Crippen LogP) is 6.02. The number of hydrazine groups is 1. The molecule has 15 heteroatoms. The van der Waals surface area contributed by atoms with Gasteiger partial charge in [0.1, 0.15) is 5.75 Å². The molecule has 0 spiro atoms. The van der Waals surface area contributed by atoms with Crippen molar-refractivity contribution in [3.05, 3.63) is 74.0 Å². The SMILES string of the molecule is O=C(COc1ccc(Nc2nc(NC3CCCC3)nc(NN3C(=O)/C(=C/c4ccsc4)SC3=S)n2)cc1)NCc1cccs1. The summed E-state index contributed by atoms with van der Waals surface area (Å²) in [7, 11) is 0. The Hall–Kier alpha value is -4.05. The second-order valence-corrected chi connectivity index (χ2v) is 13.4. The average Bonchev–Trinajstić information content (AvgIpc) is 3.85. The first-order chi connectivity index (χ1) is 21.5. The molecule has 6 rings (SSSR count). The highest BCUT2D eigenvalue weighted by molar-refractivity contribution is 8.26. The van der Waals surface area contributed by atoms with Crippen molar-refractivity contribution >= 4 is 92.4 Å². The number of nitrogens with one attached hydrogen (secondary N) is 4. The molecule has 3 aromatic heterocycles. The molecular formula is C29H28N8O3S4. The van der Waals surface area contributed by atoms with Crippen LogP contribution in [0.4, 0.5) is 23.5 Å². The number of carbonyl (C=O) groups excluding carboxylic acids is 2. The van der Waals surface area contributed by atoms with E-state index in [0.717, 1.165) is 36.1 Å². The predicted molar refractivity (Wildman–Crippen MR) is 180 cm³/mol. The molecule has 4 N–H and O–H groups in total. The van der Waals surface area contributed by atoms with Crippen molar-refractivity contribution in [3.8, 4) is 5.75 Å². The zero-order chi connectivity index (χ0) is 30.3. The Morgan fingerprint density at radius 2 is 1.84 bits per heavy atom. The number of hydrogen-bond acceptors (Lipinski definition) is 13. The number of anilines is 4. The van der Waals surface area contributed by atoms with Crippen LogP contribution in [0.5, 0.6) is 5.75 Å². The zero-order valence-corrected chi connectivity index (χ0v) is 26.6. The van der Waals surface area contributed by atoms with E-state index in [0.29, 0.717) is 33.2 Å². The fraction of sp³-hybridized carbons (Fsp3) is 0.241. The minimum atomic E-state index is -0.276. The number of ether oxygens (including phenoxy) is 1. The summed E-state index contributed by atoms with van der Waals surface area (Å²) in [6.45, 7) is 0.392. The molecule has 0 radical (unpaired) electrons. The molecule has 0 atom stereocenters. The number of thioether (sulfide) groups is 1. The summed E-state index contributed by atoms with van der Waals surface area (Å²) < 4.78 is 5.99. The van der Waals surface area contributed by atoms with Crippen molar-refractivity contribution < 1.29 is 14.3 Å². The van der Waals surface area contributed by atoms with Gasteiger partial charge in [-0.15, -0.1) is 11.3 Å². The highest BCUT2D eigenvalue weighted by atomic mass is 32.2. The third kappa shape index (κ3) is 7.91. The summed E-state index contributed by atoms with van der Waals surface area (Å²) in [5.74, 6) is 0.921. The molecule has 2 amide bonds. The van der Waals surface area contributed by atoms with Gasteiger partial charge in [-0.05, 0) is 89.2 Å². The molecule has 226 valence electrons. The number of hydrogen-bond donors (Lipinski definition) is 4.